The molecule has 0 atom stereocenters. The number of carbonyl (C=O) groups is 1. The first-order valence-corrected chi connectivity index (χ1v) is 7.13. The summed E-state index contributed by atoms with van der Waals surface area (Å²) in [5.74, 6) is 5.97. The molecule has 0 radical (unpaired) electrons. The van der Waals surface area contributed by atoms with Gasteiger partial charge in [0, 0.05) is 30.6 Å². The molecule has 0 heterocycles. The molecule has 0 aliphatic rings. The van der Waals surface area contributed by atoms with Gasteiger partial charge in [-0.15, -0.1) is 0 Å². The lowest BCUT2D eigenvalue weighted by molar-refractivity contribution is 0.0764. The van der Waals surface area contributed by atoms with Crippen molar-refractivity contribution in [1.82, 2.24) is 4.90 Å². The van der Waals surface area contributed by atoms with Gasteiger partial charge in [0.05, 0.1) is 6.61 Å². The van der Waals surface area contributed by atoms with E-state index in [1.807, 2.05) is 36.9 Å². The third-order valence-corrected chi connectivity index (χ3v) is 3.11. The fourth-order valence-electron chi connectivity index (χ4n) is 1.96. The molecule has 0 aliphatic carbocycles. The van der Waals surface area contributed by atoms with E-state index in [2.05, 4.69) is 18.8 Å². The molecule has 108 valence electrons. The van der Waals surface area contributed by atoms with Gasteiger partial charge in [0.15, 0.2) is 0 Å². The smallest absolute Gasteiger partial charge is 0.253 e. The number of hydrogen-bond acceptors (Lipinski definition) is 2. The molecule has 0 saturated heterocycles. The van der Waals surface area contributed by atoms with E-state index in [1.165, 1.54) is 0 Å². The molecular weight excluding hydrogens is 250 g/mol. The number of aliphatic hydroxyl groups excluding tert-OH is 1. The van der Waals surface area contributed by atoms with Gasteiger partial charge in [0.1, 0.15) is 0 Å². The maximum atomic E-state index is 12.4. The van der Waals surface area contributed by atoms with Crippen LogP contribution in [0.4, 0.5) is 0 Å². The first kappa shape index (κ1) is 16.3. The molecule has 20 heavy (non-hydrogen) atoms. The van der Waals surface area contributed by atoms with Crippen LogP contribution in [0, 0.1) is 18.8 Å². The zero-order valence-electron chi connectivity index (χ0n) is 12.6. The maximum Gasteiger partial charge on any atom is 0.253 e. The quantitative estimate of drug-likeness (QED) is 0.838. The molecule has 1 amide bonds. The van der Waals surface area contributed by atoms with Gasteiger partial charge in [-0.3, -0.25) is 4.79 Å². The average molecular weight is 273 g/mol. The van der Waals surface area contributed by atoms with Gasteiger partial charge in [-0.05, 0) is 38.0 Å². The van der Waals surface area contributed by atoms with E-state index in [-0.39, 0.29) is 12.5 Å². The Morgan fingerprint density at radius 1 is 1.35 bits per heavy atom. The Balaban J connectivity index is 3.00. The lowest BCUT2D eigenvalue weighted by atomic mass is 10.0. The molecule has 3 nitrogen and oxygen atoms in total. The molecule has 1 N–H and O–H groups in total. The van der Waals surface area contributed by atoms with Gasteiger partial charge in [-0.25, -0.2) is 0 Å². The van der Waals surface area contributed by atoms with E-state index in [0.717, 1.165) is 24.1 Å². The van der Waals surface area contributed by atoms with Crippen LogP contribution in [-0.4, -0.2) is 35.6 Å². The van der Waals surface area contributed by atoms with Crippen LogP contribution >= 0.6 is 0 Å². The Labute approximate surface area is 121 Å². The standard InChI is InChI=1S/C17H23NO2/c1-4-11-18(5-2)17(20)16-10-9-14(3)15(13-16)8-6-7-12-19/h9-10,13,19H,4-5,7,11-12H2,1-3H3. The number of amides is 1. The number of carbonyl (C=O) groups excluding carboxylic acids is 1. The first-order chi connectivity index (χ1) is 9.63. The van der Waals surface area contributed by atoms with Gasteiger partial charge in [0.2, 0.25) is 0 Å². The highest BCUT2D eigenvalue weighted by Crippen LogP contribution is 2.13. The number of aliphatic hydroxyl groups is 1. The van der Waals surface area contributed by atoms with Crippen molar-refractivity contribution in [3.63, 3.8) is 0 Å². The Morgan fingerprint density at radius 2 is 2.10 bits per heavy atom. The largest absolute Gasteiger partial charge is 0.395 e. The van der Waals surface area contributed by atoms with E-state index < -0.39 is 0 Å². The Hall–Kier alpha value is -1.79. The highest BCUT2D eigenvalue weighted by atomic mass is 16.2. The van der Waals surface area contributed by atoms with Crippen molar-refractivity contribution < 1.29 is 9.90 Å². The second-order valence-corrected chi connectivity index (χ2v) is 4.69. The summed E-state index contributed by atoms with van der Waals surface area (Å²) in [6.07, 6.45) is 1.41. The fourth-order valence-corrected chi connectivity index (χ4v) is 1.96. The Morgan fingerprint density at radius 3 is 2.70 bits per heavy atom. The van der Waals surface area contributed by atoms with Crippen molar-refractivity contribution in [1.29, 1.82) is 0 Å². The van der Waals surface area contributed by atoms with E-state index >= 15 is 0 Å². The number of benzene rings is 1. The van der Waals surface area contributed by atoms with E-state index in [0.29, 0.717) is 18.5 Å². The minimum atomic E-state index is 0.0551. The lowest BCUT2D eigenvalue weighted by Gasteiger charge is -2.20. The fraction of sp³-hybridized carbons (Fsp3) is 0.471. The zero-order chi connectivity index (χ0) is 15.0. The van der Waals surface area contributed by atoms with Crippen LogP contribution in [-0.2, 0) is 0 Å². The average Bonchev–Trinajstić information content (AvgIpc) is 2.46. The van der Waals surface area contributed by atoms with Crippen LogP contribution in [0.1, 0.15) is 48.2 Å². The topological polar surface area (TPSA) is 40.5 Å². The molecule has 1 aromatic rings. The van der Waals surface area contributed by atoms with Gasteiger partial charge in [-0.1, -0.05) is 24.8 Å². The molecule has 0 spiro atoms. The molecule has 3 heteroatoms. The molecule has 0 saturated carbocycles. The highest BCUT2D eigenvalue weighted by Gasteiger charge is 2.13. The summed E-state index contributed by atoms with van der Waals surface area (Å²) in [6, 6.07) is 5.63. The molecule has 1 rings (SSSR count). The second-order valence-electron chi connectivity index (χ2n) is 4.69. The van der Waals surface area contributed by atoms with Crippen LogP contribution in [0.2, 0.25) is 0 Å². The number of aryl methyl sites for hydroxylation is 1. The van der Waals surface area contributed by atoms with E-state index in [9.17, 15) is 4.79 Å². The molecule has 0 unspecified atom stereocenters. The molecule has 1 aromatic carbocycles. The van der Waals surface area contributed by atoms with Crippen molar-refractivity contribution in [2.45, 2.75) is 33.6 Å². The summed E-state index contributed by atoms with van der Waals surface area (Å²) < 4.78 is 0. The normalized spacial score (nSPS) is 9.80. The van der Waals surface area contributed by atoms with Gasteiger partial charge in [0.25, 0.3) is 5.91 Å². The summed E-state index contributed by atoms with van der Waals surface area (Å²) >= 11 is 0. The third kappa shape index (κ3) is 4.40. The SMILES string of the molecule is CCCN(CC)C(=O)c1ccc(C)c(C#CCCO)c1. The molecule has 0 bridgehead atoms. The molecule has 0 fully saturated rings. The van der Waals surface area contributed by atoms with Crippen LogP contribution < -0.4 is 0 Å². The minimum Gasteiger partial charge on any atom is -0.395 e. The summed E-state index contributed by atoms with van der Waals surface area (Å²) in [5.41, 5.74) is 2.58. The van der Waals surface area contributed by atoms with Crippen molar-refractivity contribution in [2.75, 3.05) is 19.7 Å². The van der Waals surface area contributed by atoms with E-state index in [1.54, 1.807) is 0 Å². The summed E-state index contributed by atoms with van der Waals surface area (Å²) in [4.78, 5) is 14.2. The van der Waals surface area contributed by atoms with Gasteiger partial charge < -0.3 is 10.0 Å². The molecular formula is C17H23NO2. The lowest BCUT2D eigenvalue weighted by Crippen LogP contribution is -2.31. The molecule has 0 aromatic heterocycles. The summed E-state index contributed by atoms with van der Waals surface area (Å²) in [6.45, 7) is 7.58. The summed E-state index contributed by atoms with van der Waals surface area (Å²) in [5, 5.41) is 8.76. The third-order valence-electron chi connectivity index (χ3n) is 3.11. The van der Waals surface area contributed by atoms with Gasteiger partial charge >= 0.3 is 0 Å². The minimum absolute atomic E-state index is 0.0551. The van der Waals surface area contributed by atoms with Crippen LogP contribution in [0.5, 0.6) is 0 Å². The Kier molecular flexibility index (Phi) is 6.83. The van der Waals surface area contributed by atoms with Crippen molar-refractivity contribution >= 4 is 5.91 Å². The maximum absolute atomic E-state index is 12.4. The number of nitrogens with zero attached hydrogens (tertiary/aromatic N) is 1. The van der Waals surface area contributed by atoms with Crippen LogP contribution in [0.25, 0.3) is 0 Å². The molecule has 0 aliphatic heterocycles. The van der Waals surface area contributed by atoms with Crippen LogP contribution in [0.15, 0.2) is 18.2 Å². The number of hydrogen-bond donors (Lipinski definition) is 1. The van der Waals surface area contributed by atoms with Crippen molar-refractivity contribution in [3.8, 4) is 11.8 Å². The van der Waals surface area contributed by atoms with Gasteiger partial charge in [-0.2, -0.15) is 0 Å². The highest BCUT2D eigenvalue weighted by molar-refractivity contribution is 5.94. The predicted molar refractivity (Wildman–Crippen MR) is 81.6 cm³/mol. The second kappa shape index (κ2) is 8.39. The monoisotopic (exact) mass is 273 g/mol. The van der Waals surface area contributed by atoms with Crippen LogP contribution in [0.3, 0.4) is 0 Å². The van der Waals surface area contributed by atoms with Crippen molar-refractivity contribution in [2.24, 2.45) is 0 Å². The predicted octanol–water partition coefficient (Wildman–Crippen LogP) is 2.60. The van der Waals surface area contributed by atoms with E-state index in [4.69, 9.17) is 5.11 Å². The first-order valence-electron chi connectivity index (χ1n) is 7.13. The van der Waals surface area contributed by atoms with Crippen molar-refractivity contribution in [3.05, 3.63) is 34.9 Å². The Bertz CT molecular complexity index is 511. The summed E-state index contributed by atoms with van der Waals surface area (Å²) in [7, 11) is 0. The zero-order valence-corrected chi connectivity index (χ0v) is 12.6. The number of rotatable bonds is 5.